The molecule has 4 heteroatoms. The fourth-order valence-electron chi connectivity index (χ4n) is 2.15. The van der Waals surface area contributed by atoms with E-state index in [1.54, 1.807) is 6.07 Å². The zero-order valence-electron chi connectivity index (χ0n) is 11.6. The van der Waals surface area contributed by atoms with Crippen LogP contribution in [0.4, 0.5) is 10.1 Å². The smallest absolute Gasteiger partial charge is 0.137 e. The summed E-state index contributed by atoms with van der Waals surface area (Å²) >= 11 is 3.30. The molecule has 0 aliphatic rings. The molecule has 0 heterocycles. The zero-order valence-corrected chi connectivity index (χ0v) is 13.2. The SMILES string of the molecule is CC(c1cccc(N)c1)N(C)Cc1cccc(F)c1Br. The Labute approximate surface area is 127 Å². The highest BCUT2D eigenvalue weighted by Crippen LogP contribution is 2.26. The summed E-state index contributed by atoms with van der Waals surface area (Å²) in [5.74, 6) is -0.229. The number of hydrogen-bond donors (Lipinski definition) is 1. The fourth-order valence-corrected chi connectivity index (χ4v) is 2.54. The van der Waals surface area contributed by atoms with Gasteiger partial charge in [-0.2, -0.15) is 0 Å². The normalized spacial score (nSPS) is 12.7. The zero-order chi connectivity index (χ0) is 14.7. The van der Waals surface area contributed by atoms with E-state index in [2.05, 4.69) is 33.8 Å². The molecule has 2 nitrogen and oxygen atoms in total. The maximum atomic E-state index is 13.5. The molecule has 20 heavy (non-hydrogen) atoms. The van der Waals surface area contributed by atoms with Crippen molar-refractivity contribution in [3.05, 3.63) is 63.9 Å². The lowest BCUT2D eigenvalue weighted by Crippen LogP contribution is -2.22. The van der Waals surface area contributed by atoms with Gasteiger partial charge >= 0.3 is 0 Å². The van der Waals surface area contributed by atoms with E-state index >= 15 is 0 Å². The van der Waals surface area contributed by atoms with Crippen LogP contribution in [0.1, 0.15) is 24.1 Å². The highest BCUT2D eigenvalue weighted by Gasteiger charge is 2.14. The monoisotopic (exact) mass is 336 g/mol. The van der Waals surface area contributed by atoms with Crippen molar-refractivity contribution in [2.75, 3.05) is 12.8 Å². The van der Waals surface area contributed by atoms with Crippen molar-refractivity contribution in [2.24, 2.45) is 0 Å². The Kier molecular flexibility index (Phi) is 4.78. The summed E-state index contributed by atoms with van der Waals surface area (Å²) in [7, 11) is 2.02. The topological polar surface area (TPSA) is 29.3 Å². The predicted molar refractivity (Wildman–Crippen MR) is 84.8 cm³/mol. The van der Waals surface area contributed by atoms with Crippen LogP contribution in [0.2, 0.25) is 0 Å². The van der Waals surface area contributed by atoms with E-state index in [1.807, 2.05) is 31.3 Å². The summed E-state index contributed by atoms with van der Waals surface area (Å²) in [6.07, 6.45) is 0. The van der Waals surface area contributed by atoms with Crippen molar-refractivity contribution in [3.8, 4) is 0 Å². The third-order valence-corrected chi connectivity index (χ3v) is 4.39. The van der Waals surface area contributed by atoms with Gasteiger partial charge < -0.3 is 5.73 Å². The Morgan fingerprint density at radius 3 is 2.65 bits per heavy atom. The second kappa shape index (κ2) is 6.37. The molecule has 0 amide bonds. The lowest BCUT2D eigenvalue weighted by atomic mass is 10.1. The first-order valence-corrected chi connectivity index (χ1v) is 7.27. The number of hydrogen-bond acceptors (Lipinski definition) is 2. The van der Waals surface area contributed by atoms with Gasteiger partial charge in [0.25, 0.3) is 0 Å². The van der Waals surface area contributed by atoms with E-state index in [0.717, 1.165) is 16.8 Å². The number of halogens is 2. The van der Waals surface area contributed by atoms with Crippen molar-refractivity contribution >= 4 is 21.6 Å². The number of anilines is 1. The number of nitrogens with two attached hydrogens (primary N) is 1. The fraction of sp³-hybridized carbons (Fsp3) is 0.250. The van der Waals surface area contributed by atoms with Gasteiger partial charge in [-0.3, -0.25) is 4.90 Å². The van der Waals surface area contributed by atoms with Crippen LogP contribution in [-0.2, 0) is 6.54 Å². The highest BCUT2D eigenvalue weighted by atomic mass is 79.9. The molecule has 2 aromatic rings. The summed E-state index contributed by atoms with van der Waals surface area (Å²) < 4.78 is 14.1. The first-order chi connectivity index (χ1) is 9.49. The van der Waals surface area contributed by atoms with E-state index in [4.69, 9.17) is 5.73 Å². The Bertz CT molecular complexity index is 601. The standard InChI is InChI=1S/C16H18BrFN2/c1-11(12-5-3-7-14(19)9-12)20(2)10-13-6-4-8-15(18)16(13)17/h3-9,11H,10,19H2,1-2H3. The Morgan fingerprint density at radius 1 is 1.25 bits per heavy atom. The first-order valence-electron chi connectivity index (χ1n) is 6.47. The lowest BCUT2D eigenvalue weighted by molar-refractivity contribution is 0.252. The van der Waals surface area contributed by atoms with Gasteiger partial charge in [0.05, 0.1) is 4.47 Å². The number of benzene rings is 2. The molecule has 0 saturated carbocycles. The molecule has 0 saturated heterocycles. The van der Waals surface area contributed by atoms with Gasteiger partial charge in [-0.05, 0) is 59.2 Å². The van der Waals surface area contributed by atoms with Gasteiger partial charge in [-0.25, -0.2) is 4.39 Å². The summed E-state index contributed by atoms with van der Waals surface area (Å²) in [6.45, 7) is 2.77. The summed E-state index contributed by atoms with van der Waals surface area (Å²) in [4.78, 5) is 2.16. The largest absolute Gasteiger partial charge is 0.399 e. The molecule has 0 radical (unpaired) electrons. The second-order valence-corrected chi connectivity index (χ2v) is 5.77. The van der Waals surface area contributed by atoms with Gasteiger partial charge in [-0.15, -0.1) is 0 Å². The summed E-state index contributed by atoms with van der Waals surface area (Å²) in [5, 5.41) is 0. The first kappa shape index (κ1) is 15.0. The summed E-state index contributed by atoms with van der Waals surface area (Å²) in [5.41, 5.74) is 8.66. The average Bonchev–Trinajstić information content (AvgIpc) is 2.43. The molecular formula is C16H18BrFN2. The minimum atomic E-state index is -0.229. The molecule has 1 atom stereocenters. The Balaban J connectivity index is 2.15. The van der Waals surface area contributed by atoms with Crippen LogP contribution in [0, 0.1) is 5.82 Å². The minimum Gasteiger partial charge on any atom is -0.399 e. The lowest BCUT2D eigenvalue weighted by Gasteiger charge is -2.26. The van der Waals surface area contributed by atoms with E-state index in [-0.39, 0.29) is 11.9 Å². The molecule has 0 aliphatic heterocycles. The third-order valence-electron chi connectivity index (χ3n) is 3.51. The molecule has 0 spiro atoms. The maximum Gasteiger partial charge on any atom is 0.137 e. The number of rotatable bonds is 4. The molecule has 2 rings (SSSR count). The van der Waals surface area contributed by atoms with Crippen molar-refractivity contribution in [1.82, 2.24) is 4.90 Å². The molecule has 0 aliphatic carbocycles. The van der Waals surface area contributed by atoms with E-state index in [9.17, 15) is 4.39 Å². The van der Waals surface area contributed by atoms with Crippen LogP contribution < -0.4 is 5.73 Å². The molecule has 1 unspecified atom stereocenters. The highest BCUT2D eigenvalue weighted by molar-refractivity contribution is 9.10. The van der Waals surface area contributed by atoms with E-state index < -0.39 is 0 Å². The van der Waals surface area contributed by atoms with Gasteiger partial charge in [0.2, 0.25) is 0 Å². The quantitative estimate of drug-likeness (QED) is 0.840. The van der Waals surface area contributed by atoms with Crippen molar-refractivity contribution in [3.63, 3.8) is 0 Å². The molecule has 0 bridgehead atoms. The molecule has 0 aromatic heterocycles. The van der Waals surface area contributed by atoms with Gasteiger partial charge in [0.1, 0.15) is 5.82 Å². The van der Waals surface area contributed by atoms with E-state index in [0.29, 0.717) is 11.0 Å². The van der Waals surface area contributed by atoms with Crippen LogP contribution in [0.5, 0.6) is 0 Å². The molecular weight excluding hydrogens is 319 g/mol. The second-order valence-electron chi connectivity index (χ2n) is 4.97. The van der Waals surface area contributed by atoms with Crippen LogP contribution in [0.15, 0.2) is 46.9 Å². The van der Waals surface area contributed by atoms with E-state index in [1.165, 1.54) is 6.07 Å². The predicted octanol–water partition coefficient (Wildman–Crippen LogP) is 4.36. The minimum absolute atomic E-state index is 0.202. The molecule has 2 aromatic carbocycles. The van der Waals surface area contributed by atoms with Gasteiger partial charge in [-0.1, -0.05) is 24.3 Å². The van der Waals surface area contributed by atoms with Gasteiger partial charge in [0.15, 0.2) is 0 Å². The van der Waals surface area contributed by atoms with Crippen molar-refractivity contribution in [2.45, 2.75) is 19.5 Å². The van der Waals surface area contributed by atoms with Crippen LogP contribution in [0.25, 0.3) is 0 Å². The third kappa shape index (κ3) is 3.38. The Hall–Kier alpha value is -1.39. The number of nitrogens with zero attached hydrogens (tertiary/aromatic N) is 1. The van der Waals surface area contributed by atoms with Crippen LogP contribution >= 0.6 is 15.9 Å². The maximum absolute atomic E-state index is 13.5. The average molecular weight is 337 g/mol. The summed E-state index contributed by atoms with van der Waals surface area (Å²) in [6, 6.07) is 13.2. The van der Waals surface area contributed by atoms with Crippen LogP contribution in [-0.4, -0.2) is 11.9 Å². The number of nitrogen functional groups attached to an aromatic ring is 1. The van der Waals surface area contributed by atoms with Crippen molar-refractivity contribution in [1.29, 1.82) is 0 Å². The van der Waals surface area contributed by atoms with Gasteiger partial charge in [0, 0.05) is 18.3 Å². The molecule has 0 fully saturated rings. The Morgan fingerprint density at radius 2 is 1.95 bits per heavy atom. The van der Waals surface area contributed by atoms with Crippen LogP contribution in [0.3, 0.4) is 0 Å². The molecule has 2 N–H and O–H groups in total. The molecule has 106 valence electrons. The van der Waals surface area contributed by atoms with Crippen molar-refractivity contribution < 1.29 is 4.39 Å².